The Hall–Kier alpha value is -2.92. The molecule has 0 unspecified atom stereocenters. The minimum Gasteiger partial charge on any atom is -0.288 e. The van der Waals surface area contributed by atoms with E-state index in [-0.39, 0.29) is 16.7 Å². The summed E-state index contributed by atoms with van der Waals surface area (Å²) in [6.07, 6.45) is 0. The highest BCUT2D eigenvalue weighted by molar-refractivity contribution is 7.17. The lowest BCUT2D eigenvalue weighted by Gasteiger charge is -2.19. The summed E-state index contributed by atoms with van der Waals surface area (Å²) >= 11 is 1.37. The van der Waals surface area contributed by atoms with Crippen LogP contribution in [0.4, 0.5) is 0 Å². The Balaban J connectivity index is 1.88. The zero-order chi connectivity index (χ0) is 20.8. The smallest absolute Gasteiger partial charge is 0.288 e. The number of thiophene rings is 1. The van der Waals surface area contributed by atoms with Crippen molar-refractivity contribution in [3.63, 3.8) is 0 Å². The second-order valence-electron chi connectivity index (χ2n) is 8.43. The number of rotatable bonds is 3. The van der Waals surface area contributed by atoms with Crippen molar-refractivity contribution in [2.24, 2.45) is 0 Å². The summed E-state index contributed by atoms with van der Waals surface area (Å²) in [4.78, 5) is 26.4. The summed E-state index contributed by atoms with van der Waals surface area (Å²) in [6.45, 7) is 8.91. The van der Waals surface area contributed by atoms with Crippen LogP contribution >= 0.6 is 11.3 Å². The third-order valence-electron chi connectivity index (χ3n) is 5.18. The molecule has 2 heterocycles. The third-order valence-corrected chi connectivity index (χ3v) is 6.07. The number of aryl methyl sites for hydroxylation is 1. The molecule has 29 heavy (non-hydrogen) atoms. The van der Waals surface area contributed by atoms with Gasteiger partial charge in [0.1, 0.15) is 4.70 Å². The Morgan fingerprint density at radius 2 is 1.69 bits per heavy atom. The van der Waals surface area contributed by atoms with Gasteiger partial charge in [-0.25, -0.2) is 9.36 Å². The van der Waals surface area contributed by atoms with Crippen LogP contribution in [0, 0.1) is 6.92 Å². The number of aromatic nitrogens is 2. The van der Waals surface area contributed by atoms with Gasteiger partial charge < -0.3 is 0 Å². The lowest BCUT2D eigenvalue weighted by molar-refractivity contribution is 0.589. The lowest BCUT2D eigenvalue weighted by Crippen LogP contribution is -2.38. The van der Waals surface area contributed by atoms with Crippen molar-refractivity contribution in [2.45, 2.75) is 39.7 Å². The molecule has 0 aliphatic carbocycles. The lowest BCUT2D eigenvalue weighted by atomic mass is 9.87. The van der Waals surface area contributed by atoms with Crippen molar-refractivity contribution in [1.82, 2.24) is 9.13 Å². The van der Waals surface area contributed by atoms with Gasteiger partial charge >= 0.3 is 5.69 Å². The number of nitrogens with zero attached hydrogens (tertiary/aromatic N) is 2. The molecule has 0 fully saturated rings. The van der Waals surface area contributed by atoms with E-state index in [1.807, 2.05) is 36.6 Å². The minimum absolute atomic E-state index is 0.0778. The van der Waals surface area contributed by atoms with Crippen molar-refractivity contribution in [2.75, 3.05) is 0 Å². The van der Waals surface area contributed by atoms with Crippen LogP contribution in [0.1, 0.15) is 37.5 Å². The van der Waals surface area contributed by atoms with Crippen molar-refractivity contribution in [1.29, 1.82) is 0 Å². The van der Waals surface area contributed by atoms with Crippen LogP contribution < -0.4 is 11.2 Å². The van der Waals surface area contributed by atoms with Gasteiger partial charge in [0.25, 0.3) is 5.56 Å². The molecule has 148 valence electrons. The largest absolute Gasteiger partial charge is 0.336 e. The van der Waals surface area contributed by atoms with E-state index in [0.717, 1.165) is 11.1 Å². The van der Waals surface area contributed by atoms with Crippen LogP contribution in [0.15, 0.2) is 69.6 Å². The summed E-state index contributed by atoms with van der Waals surface area (Å²) < 4.78 is 3.58. The van der Waals surface area contributed by atoms with Crippen LogP contribution in [-0.4, -0.2) is 9.13 Å². The summed E-state index contributed by atoms with van der Waals surface area (Å²) in [5, 5.41) is 1.87. The molecule has 0 aliphatic rings. The summed E-state index contributed by atoms with van der Waals surface area (Å²) in [7, 11) is 0. The fourth-order valence-electron chi connectivity index (χ4n) is 3.53. The first-order chi connectivity index (χ1) is 13.8. The average molecular weight is 405 g/mol. The van der Waals surface area contributed by atoms with Crippen molar-refractivity contribution in [3.05, 3.63) is 97.5 Å². The van der Waals surface area contributed by atoms with Crippen molar-refractivity contribution in [3.8, 4) is 5.69 Å². The first kappa shape index (κ1) is 19.4. The summed E-state index contributed by atoms with van der Waals surface area (Å²) in [5.74, 6) is 0. The molecule has 0 N–H and O–H groups in total. The van der Waals surface area contributed by atoms with E-state index in [0.29, 0.717) is 22.4 Å². The Kier molecular flexibility index (Phi) is 4.79. The Morgan fingerprint density at radius 1 is 0.966 bits per heavy atom. The average Bonchev–Trinajstić information content (AvgIpc) is 3.15. The predicted molar refractivity (Wildman–Crippen MR) is 121 cm³/mol. The third kappa shape index (κ3) is 3.58. The molecule has 0 amide bonds. The van der Waals surface area contributed by atoms with Crippen molar-refractivity contribution < 1.29 is 0 Å². The zero-order valence-corrected chi connectivity index (χ0v) is 17.9. The molecular formula is C24H24N2O2S. The normalized spacial score (nSPS) is 11.9. The standard InChI is InChI=1S/C24H24N2O2S/c1-16-6-5-7-19(14-16)26-22(27)21-20(12-13-29-21)25(23(26)28)15-17-8-10-18(11-9-17)24(2,3)4/h5-14H,15H2,1-4H3. The molecule has 2 aromatic carbocycles. The van der Waals surface area contributed by atoms with E-state index in [9.17, 15) is 9.59 Å². The van der Waals surface area contributed by atoms with Gasteiger partial charge in [0.15, 0.2) is 0 Å². The van der Waals surface area contributed by atoms with E-state index in [4.69, 9.17) is 0 Å². The predicted octanol–water partition coefficient (Wildman–Crippen LogP) is 4.87. The molecule has 2 aromatic heterocycles. The zero-order valence-electron chi connectivity index (χ0n) is 17.1. The van der Waals surface area contributed by atoms with Crippen molar-refractivity contribution >= 4 is 21.6 Å². The Labute approximate surface area is 173 Å². The Morgan fingerprint density at radius 3 is 2.34 bits per heavy atom. The highest BCUT2D eigenvalue weighted by Crippen LogP contribution is 2.23. The van der Waals surface area contributed by atoms with E-state index in [1.165, 1.54) is 21.5 Å². The van der Waals surface area contributed by atoms with Crippen LogP contribution in [0.5, 0.6) is 0 Å². The fourth-order valence-corrected chi connectivity index (χ4v) is 4.35. The molecule has 4 nitrogen and oxygen atoms in total. The fraction of sp³-hybridized carbons (Fsp3) is 0.250. The van der Waals surface area contributed by atoms with Gasteiger partial charge in [0, 0.05) is 0 Å². The van der Waals surface area contributed by atoms with Gasteiger partial charge in [0.05, 0.1) is 17.7 Å². The van der Waals surface area contributed by atoms with E-state index in [1.54, 1.807) is 10.6 Å². The van der Waals surface area contributed by atoms with Crippen LogP contribution in [0.2, 0.25) is 0 Å². The summed E-state index contributed by atoms with van der Waals surface area (Å²) in [5.41, 5.74) is 4.08. The molecular weight excluding hydrogens is 380 g/mol. The maximum atomic E-state index is 13.4. The van der Waals surface area contributed by atoms with Gasteiger partial charge in [-0.05, 0) is 52.6 Å². The maximum absolute atomic E-state index is 13.4. The van der Waals surface area contributed by atoms with Gasteiger partial charge in [-0.2, -0.15) is 0 Å². The topological polar surface area (TPSA) is 44.0 Å². The van der Waals surface area contributed by atoms with E-state index in [2.05, 4.69) is 45.0 Å². The molecule has 0 saturated heterocycles. The molecule has 0 radical (unpaired) electrons. The molecule has 5 heteroatoms. The maximum Gasteiger partial charge on any atom is 0.336 e. The molecule has 4 aromatic rings. The molecule has 0 saturated carbocycles. The SMILES string of the molecule is Cc1cccc(-n2c(=O)c3sccc3n(Cc3ccc(C(C)(C)C)cc3)c2=O)c1. The highest BCUT2D eigenvalue weighted by atomic mass is 32.1. The molecule has 0 spiro atoms. The molecule has 0 atom stereocenters. The number of hydrogen-bond donors (Lipinski definition) is 0. The molecule has 0 aliphatic heterocycles. The van der Waals surface area contributed by atoms with E-state index < -0.39 is 0 Å². The first-order valence-corrected chi connectivity index (χ1v) is 10.5. The van der Waals surface area contributed by atoms with Gasteiger partial charge in [-0.3, -0.25) is 9.36 Å². The second kappa shape index (κ2) is 7.16. The van der Waals surface area contributed by atoms with Gasteiger partial charge in [0.2, 0.25) is 0 Å². The number of hydrogen-bond acceptors (Lipinski definition) is 3. The Bertz CT molecular complexity index is 1300. The van der Waals surface area contributed by atoms with Gasteiger partial charge in [-0.1, -0.05) is 57.2 Å². The van der Waals surface area contributed by atoms with Crippen LogP contribution in [0.3, 0.4) is 0 Å². The number of fused-ring (bicyclic) bond motifs is 1. The van der Waals surface area contributed by atoms with Gasteiger partial charge in [-0.15, -0.1) is 11.3 Å². The van der Waals surface area contributed by atoms with Crippen LogP contribution in [0.25, 0.3) is 15.9 Å². The quantitative estimate of drug-likeness (QED) is 0.489. The summed E-state index contributed by atoms with van der Waals surface area (Å²) in [6, 6.07) is 17.7. The highest BCUT2D eigenvalue weighted by Gasteiger charge is 2.17. The van der Waals surface area contributed by atoms with E-state index >= 15 is 0 Å². The second-order valence-corrected chi connectivity index (χ2v) is 9.35. The molecule has 4 rings (SSSR count). The monoisotopic (exact) mass is 404 g/mol. The minimum atomic E-state index is -0.314. The molecule has 0 bridgehead atoms. The number of benzene rings is 2. The van der Waals surface area contributed by atoms with Crippen LogP contribution in [-0.2, 0) is 12.0 Å². The first-order valence-electron chi connectivity index (χ1n) is 9.65.